The van der Waals surface area contributed by atoms with Gasteiger partial charge in [-0.15, -0.1) is 0 Å². The molecule has 1 amide bonds. The fourth-order valence-corrected chi connectivity index (χ4v) is 2.67. The van der Waals surface area contributed by atoms with Crippen LogP contribution >= 0.6 is 15.9 Å². The first-order valence-electron chi connectivity index (χ1n) is 5.52. The lowest BCUT2D eigenvalue weighted by Crippen LogP contribution is -2.39. The monoisotopic (exact) mass is 313 g/mol. The Hall–Kier alpha value is -1.47. The third-order valence-electron chi connectivity index (χ3n) is 2.90. The molecule has 1 aliphatic rings. The van der Waals surface area contributed by atoms with Crippen molar-refractivity contribution in [2.45, 2.75) is 12.8 Å². The molecule has 0 unspecified atom stereocenters. The molecule has 1 aromatic rings. The topological polar surface area (TPSA) is 89.5 Å². The highest BCUT2D eigenvalue weighted by Crippen LogP contribution is 2.38. The average molecular weight is 314 g/mol. The lowest BCUT2D eigenvalue weighted by Gasteiger charge is -2.28. The molecule has 1 heterocycles. The number of nitro groups is 1. The molecular weight excluding hydrogens is 302 g/mol. The lowest BCUT2D eigenvalue weighted by molar-refractivity contribution is -0.384. The Balaban J connectivity index is 2.60. The van der Waals surface area contributed by atoms with E-state index in [0.29, 0.717) is 16.7 Å². The van der Waals surface area contributed by atoms with Gasteiger partial charge in [-0.1, -0.05) is 15.9 Å². The van der Waals surface area contributed by atoms with Gasteiger partial charge in [0.25, 0.3) is 5.69 Å². The van der Waals surface area contributed by atoms with Crippen LogP contribution in [0.2, 0.25) is 0 Å². The van der Waals surface area contributed by atoms with E-state index >= 15 is 0 Å². The predicted molar refractivity (Wildman–Crippen MR) is 70.5 cm³/mol. The van der Waals surface area contributed by atoms with E-state index in [4.69, 9.17) is 5.73 Å². The molecule has 6 nitrogen and oxygen atoms in total. The van der Waals surface area contributed by atoms with Crippen molar-refractivity contribution in [3.63, 3.8) is 0 Å². The van der Waals surface area contributed by atoms with Crippen LogP contribution in [0.3, 0.4) is 0 Å². The summed E-state index contributed by atoms with van der Waals surface area (Å²) in [4.78, 5) is 23.8. The number of aryl methyl sites for hydroxylation is 1. The number of halogens is 1. The molecule has 0 atom stereocenters. The fourth-order valence-electron chi connectivity index (χ4n) is 2.18. The van der Waals surface area contributed by atoms with Gasteiger partial charge in [0.2, 0.25) is 5.91 Å². The van der Waals surface area contributed by atoms with Gasteiger partial charge in [0.15, 0.2) is 0 Å². The van der Waals surface area contributed by atoms with Gasteiger partial charge in [-0.25, -0.2) is 0 Å². The van der Waals surface area contributed by atoms with Crippen molar-refractivity contribution in [3.8, 4) is 0 Å². The number of carbonyl (C=O) groups excluding carboxylic acids is 1. The first-order valence-corrected chi connectivity index (χ1v) is 6.31. The summed E-state index contributed by atoms with van der Waals surface area (Å²) in [5.41, 5.74) is 6.49. The SMILES string of the molecule is NCC(=O)N1CCCc2cc(Br)cc([N+](=O)[O-])c21. The summed E-state index contributed by atoms with van der Waals surface area (Å²) in [6, 6.07) is 3.24. The summed E-state index contributed by atoms with van der Waals surface area (Å²) in [6.45, 7) is 0.332. The molecule has 18 heavy (non-hydrogen) atoms. The maximum Gasteiger partial charge on any atom is 0.294 e. The van der Waals surface area contributed by atoms with Gasteiger partial charge >= 0.3 is 0 Å². The Morgan fingerprint density at radius 1 is 1.56 bits per heavy atom. The van der Waals surface area contributed by atoms with Crippen LogP contribution < -0.4 is 10.6 Å². The first kappa shape index (κ1) is 13.0. The minimum absolute atomic E-state index is 0.0547. The number of hydrogen-bond acceptors (Lipinski definition) is 4. The van der Waals surface area contributed by atoms with Crippen LogP contribution in [0.1, 0.15) is 12.0 Å². The van der Waals surface area contributed by atoms with Crippen LogP contribution in [-0.2, 0) is 11.2 Å². The van der Waals surface area contributed by atoms with E-state index in [1.165, 1.54) is 11.0 Å². The summed E-state index contributed by atoms with van der Waals surface area (Å²) >= 11 is 3.25. The summed E-state index contributed by atoms with van der Waals surface area (Å²) in [5.74, 6) is -0.290. The summed E-state index contributed by atoms with van der Waals surface area (Å²) < 4.78 is 0.648. The summed E-state index contributed by atoms with van der Waals surface area (Å²) in [6.07, 6.45) is 1.51. The second-order valence-electron chi connectivity index (χ2n) is 4.04. The molecular formula is C11H12BrN3O3. The Bertz CT molecular complexity index is 519. The molecule has 0 saturated heterocycles. The van der Waals surface area contributed by atoms with E-state index in [1.54, 1.807) is 0 Å². The zero-order valence-electron chi connectivity index (χ0n) is 9.56. The first-order chi connectivity index (χ1) is 8.54. The van der Waals surface area contributed by atoms with Crippen LogP contribution in [-0.4, -0.2) is 23.9 Å². The molecule has 96 valence electrons. The Kier molecular flexibility index (Phi) is 3.63. The number of hydrogen-bond donors (Lipinski definition) is 1. The van der Waals surface area contributed by atoms with Gasteiger partial charge in [0.05, 0.1) is 11.5 Å². The fraction of sp³-hybridized carbons (Fsp3) is 0.364. The molecule has 7 heteroatoms. The second-order valence-corrected chi connectivity index (χ2v) is 4.96. The molecule has 0 aliphatic carbocycles. The van der Waals surface area contributed by atoms with Crippen molar-refractivity contribution >= 4 is 33.2 Å². The molecule has 0 fully saturated rings. The Morgan fingerprint density at radius 2 is 2.28 bits per heavy atom. The van der Waals surface area contributed by atoms with E-state index in [2.05, 4.69) is 15.9 Å². The molecule has 0 bridgehead atoms. The van der Waals surface area contributed by atoms with Crippen molar-refractivity contribution in [2.75, 3.05) is 18.0 Å². The smallest absolute Gasteiger partial charge is 0.294 e. The molecule has 0 aromatic heterocycles. The zero-order chi connectivity index (χ0) is 13.3. The maximum atomic E-state index is 11.8. The quantitative estimate of drug-likeness (QED) is 0.663. The molecule has 1 aliphatic heterocycles. The second kappa shape index (κ2) is 5.03. The Morgan fingerprint density at radius 3 is 2.89 bits per heavy atom. The zero-order valence-corrected chi connectivity index (χ0v) is 11.1. The average Bonchev–Trinajstić information content (AvgIpc) is 2.35. The highest BCUT2D eigenvalue weighted by molar-refractivity contribution is 9.10. The molecule has 1 aromatic carbocycles. The van der Waals surface area contributed by atoms with Crippen LogP contribution in [0.15, 0.2) is 16.6 Å². The number of nitro benzene ring substituents is 1. The minimum Gasteiger partial charge on any atom is -0.322 e. The molecule has 0 radical (unpaired) electrons. The van der Waals surface area contributed by atoms with Gasteiger partial charge in [0, 0.05) is 17.1 Å². The largest absolute Gasteiger partial charge is 0.322 e. The van der Waals surface area contributed by atoms with E-state index < -0.39 is 4.92 Å². The van der Waals surface area contributed by atoms with Crippen molar-refractivity contribution in [2.24, 2.45) is 5.73 Å². The van der Waals surface area contributed by atoms with Gasteiger partial charge in [-0.3, -0.25) is 14.9 Å². The van der Waals surface area contributed by atoms with E-state index in [1.807, 2.05) is 6.07 Å². The van der Waals surface area contributed by atoms with E-state index in [-0.39, 0.29) is 18.1 Å². The number of amides is 1. The van der Waals surface area contributed by atoms with Crippen molar-refractivity contribution in [3.05, 3.63) is 32.3 Å². The predicted octanol–water partition coefficient (Wildman–Crippen LogP) is 1.60. The Labute approximate surface area is 112 Å². The van der Waals surface area contributed by atoms with E-state index in [0.717, 1.165) is 18.4 Å². The normalized spacial score (nSPS) is 14.2. The maximum absolute atomic E-state index is 11.8. The number of rotatable bonds is 2. The highest BCUT2D eigenvalue weighted by Gasteiger charge is 2.30. The van der Waals surface area contributed by atoms with Gasteiger partial charge in [-0.2, -0.15) is 0 Å². The number of fused-ring (bicyclic) bond motifs is 1. The van der Waals surface area contributed by atoms with Gasteiger partial charge in [0.1, 0.15) is 5.69 Å². The van der Waals surface area contributed by atoms with Crippen molar-refractivity contribution in [1.82, 2.24) is 0 Å². The standard InChI is InChI=1S/C11H12BrN3O3/c12-8-4-7-2-1-3-14(10(16)6-13)11(7)9(5-8)15(17)18/h4-5H,1-3,6,13H2. The molecule has 0 spiro atoms. The van der Waals surface area contributed by atoms with Crippen LogP contribution in [0.25, 0.3) is 0 Å². The van der Waals surface area contributed by atoms with Crippen molar-refractivity contribution in [1.29, 1.82) is 0 Å². The van der Waals surface area contributed by atoms with Gasteiger partial charge in [-0.05, 0) is 24.5 Å². The summed E-state index contributed by atoms with van der Waals surface area (Å²) in [7, 11) is 0. The third kappa shape index (κ3) is 2.23. The third-order valence-corrected chi connectivity index (χ3v) is 3.36. The van der Waals surface area contributed by atoms with Gasteiger partial charge < -0.3 is 10.6 Å². The lowest BCUT2D eigenvalue weighted by atomic mass is 10.0. The number of nitrogens with two attached hydrogens (primary N) is 1. The molecule has 0 saturated carbocycles. The highest BCUT2D eigenvalue weighted by atomic mass is 79.9. The minimum atomic E-state index is -0.467. The summed E-state index contributed by atoms with van der Waals surface area (Å²) in [5, 5.41) is 11.1. The molecule has 2 N–H and O–H groups in total. The van der Waals surface area contributed by atoms with Crippen LogP contribution in [0.5, 0.6) is 0 Å². The molecule has 2 rings (SSSR count). The van der Waals surface area contributed by atoms with Crippen LogP contribution in [0, 0.1) is 10.1 Å². The van der Waals surface area contributed by atoms with E-state index in [9.17, 15) is 14.9 Å². The number of carbonyl (C=O) groups is 1. The number of nitrogens with zero attached hydrogens (tertiary/aromatic N) is 2. The number of benzene rings is 1. The number of anilines is 1. The van der Waals surface area contributed by atoms with Crippen molar-refractivity contribution < 1.29 is 9.72 Å². The van der Waals surface area contributed by atoms with Crippen LogP contribution in [0.4, 0.5) is 11.4 Å².